The molecule has 1 aliphatic rings. The van der Waals surface area contributed by atoms with Crippen LogP contribution in [0.2, 0.25) is 0 Å². The van der Waals surface area contributed by atoms with Crippen LogP contribution in [0.5, 0.6) is 5.75 Å². The summed E-state index contributed by atoms with van der Waals surface area (Å²) >= 11 is 1.56. The number of nitrogens with one attached hydrogen (secondary N) is 2. The molecule has 2 heterocycles. The summed E-state index contributed by atoms with van der Waals surface area (Å²) in [7, 11) is 0. The number of anilines is 3. The van der Waals surface area contributed by atoms with Crippen LogP contribution in [0, 0.1) is 6.92 Å². The molecule has 0 aliphatic carbocycles. The molecule has 0 radical (unpaired) electrons. The summed E-state index contributed by atoms with van der Waals surface area (Å²) in [4.78, 5) is 30.8. The van der Waals surface area contributed by atoms with Crippen molar-refractivity contribution >= 4 is 40.2 Å². The summed E-state index contributed by atoms with van der Waals surface area (Å²) in [6, 6.07) is 13.1. The first-order chi connectivity index (χ1) is 16.0. The predicted molar refractivity (Wildman–Crippen MR) is 130 cm³/mol. The Morgan fingerprint density at radius 2 is 1.88 bits per heavy atom. The Hall–Kier alpha value is -3.43. The van der Waals surface area contributed by atoms with Gasteiger partial charge in [-0.25, -0.2) is 4.98 Å². The third kappa shape index (κ3) is 6.09. The van der Waals surface area contributed by atoms with E-state index < -0.39 is 0 Å². The average molecular weight is 467 g/mol. The van der Waals surface area contributed by atoms with Crippen molar-refractivity contribution in [3.05, 3.63) is 52.9 Å². The van der Waals surface area contributed by atoms with Crippen LogP contribution in [0.1, 0.15) is 11.9 Å². The van der Waals surface area contributed by atoms with E-state index >= 15 is 0 Å². The van der Waals surface area contributed by atoms with Crippen molar-refractivity contribution in [3.63, 3.8) is 0 Å². The Kier molecular flexibility index (Phi) is 7.21. The molecule has 8 nitrogen and oxygen atoms in total. The van der Waals surface area contributed by atoms with E-state index in [1.54, 1.807) is 23.5 Å². The van der Waals surface area contributed by atoms with Crippen LogP contribution in [-0.2, 0) is 14.3 Å². The molecule has 2 aromatic carbocycles. The zero-order valence-electron chi connectivity index (χ0n) is 18.6. The van der Waals surface area contributed by atoms with Crippen LogP contribution in [0.15, 0.2) is 47.8 Å². The molecule has 0 unspecified atom stereocenters. The number of morpholine rings is 1. The number of rotatable bonds is 7. The van der Waals surface area contributed by atoms with Crippen LogP contribution < -0.4 is 20.3 Å². The molecular weight excluding hydrogens is 440 g/mol. The molecule has 0 bridgehead atoms. The Balaban J connectivity index is 1.38. The smallest absolute Gasteiger partial charge is 0.262 e. The van der Waals surface area contributed by atoms with Gasteiger partial charge in [-0.2, -0.15) is 0 Å². The number of aromatic nitrogens is 1. The maximum Gasteiger partial charge on any atom is 0.262 e. The molecule has 1 aromatic heterocycles. The topological polar surface area (TPSA) is 92.8 Å². The molecule has 1 aliphatic heterocycles. The van der Waals surface area contributed by atoms with E-state index in [0.717, 1.165) is 48.3 Å². The van der Waals surface area contributed by atoms with Gasteiger partial charge in [0.05, 0.1) is 29.6 Å². The summed E-state index contributed by atoms with van der Waals surface area (Å²) in [5, 5.41) is 8.53. The van der Waals surface area contributed by atoms with E-state index in [1.807, 2.05) is 42.6 Å². The molecule has 4 rings (SSSR count). The van der Waals surface area contributed by atoms with Crippen molar-refractivity contribution in [2.45, 2.75) is 13.8 Å². The van der Waals surface area contributed by atoms with Crippen LogP contribution in [0.3, 0.4) is 0 Å². The molecule has 1 saturated heterocycles. The van der Waals surface area contributed by atoms with E-state index in [1.165, 1.54) is 6.92 Å². The Morgan fingerprint density at radius 1 is 1.12 bits per heavy atom. The van der Waals surface area contributed by atoms with Gasteiger partial charge in [-0.1, -0.05) is 0 Å². The number of ether oxygens (including phenoxy) is 2. The molecule has 0 spiro atoms. The van der Waals surface area contributed by atoms with Gasteiger partial charge in [0.15, 0.2) is 6.61 Å². The van der Waals surface area contributed by atoms with Gasteiger partial charge < -0.3 is 25.0 Å². The van der Waals surface area contributed by atoms with E-state index in [2.05, 4.69) is 20.5 Å². The number of nitrogens with zero attached hydrogens (tertiary/aromatic N) is 2. The second-order valence-corrected chi connectivity index (χ2v) is 8.69. The number of hydrogen-bond acceptors (Lipinski definition) is 7. The Morgan fingerprint density at radius 3 is 2.55 bits per heavy atom. The fraction of sp³-hybridized carbons (Fsp3) is 0.292. The fourth-order valence-electron chi connectivity index (χ4n) is 3.52. The van der Waals surface area contributed by atoms with Crippen molar-refractivity contribution in [2.24, 2.45) is 0 Å². The number of carbonyl (C=O) groups excluding carboxylic acids is 2. The van der Waals surface area contributed by atoms with Gasteiger partial charge >= 0.3 is 0 Å². The first-order valence-electron chi connectivity index (χ1n) is 10.7. The third-order valence-electron chi connectivity index (χ3n) is 5.09. The number of thiazole rings is 1. The summed E-state index contributed by atoms with van der Waals surface area (Å²) < 4.78 is 11.1. The highest BCUT2D eigenvalue weighted by molar-refractivity contribution is 7.09. The second kappa shape index (κ2) is 10.5. The SMILES string of the molecule is CC(=O)Nc1cc(-c2csc(C)n2)ccc1OCC(=O)Nc1ccc(N2CCOCC2)cc1. The Labute approximate surface area is 196 Å². The largest absolute Gasteiger partial charge is 0.482 e. The van der Waals surface area contributed by atoms with Gasteiger partial charge in [0.1, 0.15) is 5.75 Å². The summed E-state index contributed by atoms with van der Waals surface area (Å²) in [6.07, 6.45) is 0. The molecule has 0 atom stereocenters. The van der Waals surface area contributed by atoms with Gasteiger partial charge in [-0.05, 0) is 49.4 Å². The fourth-order valence-corrected chi connectivity index (χ4v) is 4.14. The summed E-state index contributed by atoms with van der Waals surface area (Å²) in [6.45, 7) is 6.34. The third-order valence-corrected chi connectivity index (χ3v) is 5.86. The lowest BCUT2D eigenvalue weighted by Gasteiger charge is -2.28. The van der Waals surface area contributed by atoms with Gasteiger partial charge in [0.25, 0.3) is 5.91 Å². The number of aryl methyl sites for hydroxylation is 1. The van der Waals surface area contributed by atoms with Gasteiger partial charge in [-0.15, -0.1) is 11.3 Å². The van der Waals surface area contributed by atoms with E-state index in [0.29, 0.717) is 17.1 Å². The van der Waals surface area contributed by atoms with Crippen LogP contribution in [0.4, 0.5) is 17.1 Å². The molecule has 1 fully saturated rings. The highest BCUT2D eigenvalue weighted by Crippen LogP contribution is 2.31. The number of hydrogen-bond donors (Lipinski definition) is 2. The second-order valence-electron chi connectivity index (χ2n) is 7.63. The first-order valence-corrected chi connectivity index (χ1v) is 11.6. The average Bonchev–Trinajstić information content (AvgIpc) is 3.25. The summed E-state index contributed by atoms with van der Waals surface area (Å²) in [5.41, 5.74) is 3.97. The molecule has 172 valence electrons. The lowest BCUT2D eigenvalue weighted by Crippen LogP contribution is -2.36. The van der Waals surface area contributed by atoms with E-state index in [9.17, 15) is 9.59 Å². The molecule has 0 saturated carbocycles. The molecule has 9 heteroatoms. The molecule has 33 heavy (non-hydrogen) atoms. The standard InChI is InChI=1S/C24H26N4O4S/c1-16(29)25-21-13-18(22-15-33-17(2)26-22)3-8-23(21)32-14-24(30)27-19-4-6-20(7-5-19)28-9-11-31-12-10-28/h3-8,13,15H,9-12,14H2,1-2H3,(H,25,29)(H,27,30). The van der Waals surface area contributed by atoms with Crippen LogP contribution in [-0.4, -0.2) is 49.7 Å². The van der Waals surface area contributed by atoms with Crippen molar-refractivity contribution in [3.8, 4) is 17.0 Å². The first kappa shape index (κ1) is 22.8. The van der Waals surface area contributed by atoms with E-state index in [4.69, 9.17) is 9.47 Å². The van der Waals surface area contributed by atoms with Gasteiger partial charge in [0.2, 0.25) is 5.91 Å². The minimum atomic E-state index is -0.290. The normalized spacial score (nSPS) is 13.5. The number of carbonyl (C=O) groups is 2. The van der Waals surface area contributed by atoms with Crippen LogP contribution >= 0.6 is 11.3 Å². The zero-order chi connectivity index (χ0) is 23.2. The monoisotopic (exact) mass is 466 g/mol. The molecular formula is C24H26N4O4S. The maximum absolute atomic E-state index is 12.4. The minimum absolute atomic E-state index is 0.188. The lowest BCUT2D eigenvalue weighted by atomic mass is 10.1. The van der Waals surface area contributed by atoms with Crippen molar-refractivity contribution in [2.75, 3.05) is 48.4 Å². The quantitative estimate of drug-likeness (QED) is 0.548. The van der Waals surface area contributed by atoms with E-state index in [-0.39, 0.29) is 18.4 Å². The molecule has 2 amide bonds. The molecule has 2 N–H and O–H groups in total. The lowest BCUT2D eigenvalue weighted by molar-refractivity contribution is -0.118. The molecule has 3 aromatic rings. The van der Waals surface area contributed by atoms with Gasteiger partial charge in [-0.3, -0.25) is 9.59 Å². The summed E-state index contributed by atoms with van der Waals surface area (Å²) in [5.74, 6) is -0.0999. The minimum Gasteiger partial charge on any atom is -0.482 e. The number of amides is 2. The zero-order valence-corrected chi connectivity index (χ0v) is 19.4. The predicted octanol–water partition coefficient (Wildman–Crippen LogP) is 3.93. The maximum atomic E-state index is 12.4. The van der Waals surface area contributed by atoms with Crippen molar-refractivity contribution in [1.29, 1.82) is 0 Å². The van der Waals surface area contributed by atoms with Gasteiger partial charge in [0, 0.05) is 42.3 Å². The highest BCUT2D eigenvalue weighted by atomic mass is 32.1. The Bertz CT molecular complexity index is 1120. The number of benzene rings is 2. The van der Waals surface area contributed by atoms with Crippen molar-refractivity contribution < 1.29 is 19.1 Å². The van der Waals surface area contributed by atoms with Crippen LogP contribution in [0.25, 0.3) is 11.3 Å². The highest BCUT2D eigenvalue weighted by Gasteiger charge is 2.13. The van der Waals surface area contributed by atoms with Crippen molar-refractivity contribution in [1.82, 2.24) is 4.98 Å².